The molecule has 4 nitrogen and oxygen atoms in total. The molecule has 1 atom stereocenters. The Balaban J connectivity index is 2.15. The van der Waals surface area contributed by atoms with Gasteiger partial charge in [-0.3, -0.25) is 0 Å². The lowest BCUT2D eigenvalue weighted by Gasteiger charge is -2.06. The summed E-state index contributed by atoms with van der Waals surface area (Å²) in [6.07, 6.45) is 0.310. The molecule has 0 saturated heterocycles. The van der Waals surface area contributed by atoms with Crippen LogP contribution in [0, 0.1) is 6.92 Å². The smallest absolute Gasteiger partial charge is 0.130 e. The molecular weight excluding hydrogens is 248 g/mol. The summed E-state index contributed by atoms with van der Waals surface area (Å²) in [4.78, 5) is 15.0. The number of aromatic nitrogens is 1. The van der Waals surface area contributed by atoms with Crippen LogP contribution in [0.5, 0.6) is 0 Å². The standard InChI is InChI=1S/C13H14N2O2S/c1-8-2-4-9(5-3-8)12-15-10(7-18-12)6-11(14)13(16)17/h2-5,7,11H,6,14H2,1H3,(H,16,17)/t11-/m0/s1. The fraction of sp³-hybridized carbons (Fsp3) is 0.231. The first-order valence-electron chi connectivity index (χ1n) is 5.61. The normalized spacial score (nSPS) is 12.3. The lowest BCUT2D eigenvalue weighted by atomic mass is 10.1. The highest BCUT2D eigenvalue weighted by Crippen LogP contribution is 2.24. The Morgan fingerprint density at radius 1 is 1.44 bits per heavy atom. The van der Waals surface area contributed by atoms with Crippen LogP contribution in [0.1, 0.15) is 11.3 Å². The summed E-state index contributed by atoms with van der Waals surface area (Å²) in [5.74, 6) is -1.14. The minimum atomic E-state index is -1.14. The molecule has 0 unspecified atom stereocenters. The average molecular weight is 262 g/mol. The second kappa shape index (κ2) is 5.29. The number of nitrogens with zero attached hydrogens (tertiary/aromatic N) is 1. The van der Waals surface area contributed by atoms with Gasteiger partial charge in [-0.25, -0.2) is 4.98 Å². The number of carboxylic acids is 1. The van der Waals surface area contributed by atoms with E-state index in [-0.39, 0.29) is 0 Å². The van der Waals surface area contributed by atoms with Crippen molar-refractivity contribution in [3.05, 3.63) is 40.9 Å². The first-order valence-corrected chi connectivity index (χ1v) is 6.49. The fourth-order valence-electron chi connectivity index (χ4n) is 1.57. The zero-order chi connectivity index (χ0) is 13.1. The highest BCUT2D eigenvalue weighted by Gasteiger charge is 2.12. The van der Waals surface area contributed by atoms with Crippen LogP contribution in [-0.2, 0) is 11.2 Å². The summed E-state index contributed by atoms with van der Waals surface area (Å²) >= 11 is 1.51. The fourth-order valence-corrected chi connectivity index (χ4v) is 2.40. The molecule has 2 aromatic rings. The molecule has 1 heterocycles. The Morgan fingerprint density at radius 2 is 2.11 bits per heavy atom. The summed E-state index contributed by atoms with van der Waals surface area (Å²) in [5, 5.41) is 13.4. The summed E-state index contributed by atoms with van der Waals surface area (Å²) < 4.78 is 0. The summed E-state index contributed by atoms with van der Waals surface area (Å²) in [5.41, 5.74) is 6.53. The molecule has 3 N–H and O–H groups in total. The van der Waals surface area contributed by atoms with E-state index in [1.54, 1.807) is 0 Å². The Bertz CT molecular complexity index is 548. The minimum Gasteiger partial charge on any atom is -0.544 e. The van der Waals surface area contributed by atoms with Gasteiger partial charge in [-0.2, -0.15) is 0 Å². The molecule has 0 saturated carbocycles. The molecule has 5 heteroatoms. The van der Waals surface area contributed by atoms with Crippen molar-refractivity contribution in [2.75, 3.05) is 0 Å². The Kier molecular flexibility index (Phi) is 3.74. The molecule has 0 aliphatic heterocycles. The Hall–Kier alpha value is -1.72. The molecule has 2 rings (SSSR count). The molecule has 0 aliphatic rings. The van der Waals surface area contributed by atoms with E-state index in [1.807, 2.05) is 36.6 Å². The van der Waals surface area contributed by atoms with Crippen molar-refractivity contribution in [3.63, 3.8) is 0 Å². The molecule has 1 aromatic carbocycles. The van der Waals surface area contributed by atoms with E-state index in [9.17, 15) is 9.90 Å². The van der Waals surface area contributed by atoms with Gasteiger partial charge in [-0.15, -0.1) is 11.3 Å². The monoisotopic (exact) mass is 262 g/mol. The zero-order valence-electron chi connectivity index (χ0n) is 10.1. The van der Waals surface area contributed by atoms with Crippen LogP contribution in [0.15, 0.2) is 29.6 Å². The molecule has 0 radical (unpaired) electrons. The van der Waals surface area contributed by atoms with E-state index in [0.717, 1.165) is 16.3 Å². The number of hydrogen-bond acceptors (Lipinski definition) is 4. The van der Waals surface area contributed by atoms with E-state index in [4.69, 9.17) is 0 Å². The van der Waals surface area contributed by atoms with Gasteiger partial charge in [0.05, 0.1) is 11.7 Å². The zero-order valence-corrected chi connectivity index (χ0v) is 10.9. The Labute approximate surface area is 109 Å². The number of rotatable bonds is 4. The summed E-state index contributed by atoms with van der Waals surface area (Å²) in [6.45, 7) is 2.03. The third-order valence-electron chi connectivity index (χ3n) is 2.64. The van der Waals surface area contributed by atoms with Crippen LogP contribution < -0.4 is 10.8 Å². The molecule has 0 amide bonds. The molecule has 0 spiro atoms. The number of carbonyl (C=O) groups is 1. The predicted octanol–water partition coefficient (Wildman–Crippen LogP) is 0.0214. The largest absolute Gasteiger partial charge is 0.544 e. The van der Waals surface area contributed by atoms with Crippen molar-refractivity contribution in [3.8, 4) is 10.6 Å². The average Bonchev–Trinajstić information content (AvgIpc) is 2.78. The van der Waals surface area contributed by atoms with Crippen molar-refractivity contribution in [1.29, 1.82) is 0 Å². The first-order chi connectivity index (χ1) is 8.56. The van der Waals surface area contributed by atoms with Gasteiger partial charge in [0, 0.05) is 17.4 Å². The highest BCUT2D eigenvalue weighted by atomic mass is 32.1. The lowest BCUT2D eigenvalue weighted by molar-refractivity contribution is -0.437. The lowest BCUT2D eigenvalue weighted by Crippen LogP contribution is -2.69. The molecule has 94 valence electrons. The second-order valence-electron chi connectivity index (χ2n) is 4.23. The first kappa shape index (κ1) is 12.7. The molecule has 0 fully saturated rings. The number of aryl methyl sites for hydroxylation is 1. The maximum Gasteiger partial charge on any atom is 0.130 e. The van der Waals surface area contributed by atoms with Crippen LogP contribution in [0.2, 0.25) is 0 Å². The van der Waals surface area contributed by atoms with Crippen molar-refractivity contribution in [2.24, 2.45) is 0 Å². The van der Waals surface area contributed by atoms with Crippen molar-refractivity contribution >= 4 is 17.3 Å². The van der Waals surface area contributed by atoms with E-state index >= 15 is 0 Å². The third-order valence-corrected chi connectivity index (χ3v) is 3.58. The number of carboxylic acid groups (broad SMARTS) is 1. The molecule has 0 aliphatic carbocycles. The van der Waals surface area contributed by atoms with Gasteiger partial charge in [0.15, 0.2) is 0 Å². The number of hydrogen-bond donors (Lipinski definition) is 1. The van der Waals surface area contributed by atoms with E-state index < -0.39 is 12.0 Å². The maximum absolute atomic E-state index is 10.6. The van der Waals surface area contributed by atoms with Crippen molar-refractivity contribution in [2.45, 2.75) is 19.4 Å². The van der Waals surface area contributed by atoms with Crippen LogP contribution in [0.25, 0.3) is 10.6 Å². The number of benzene rings is 1. The van der Waals surface area contributed by atoms with Crippen LogP contribution >= 0.6 is 11.3 Å². The number of quaternary nitrogens is 1. The van der Waals surface area contributed by atoms with Crippen molar-refractivity contribution in [1.82, 2.24) is 4.98 Å². The topological polar surface area (TPSA) is 80.7 Å². The van der Waals surface area contributed by atoms with Gasteiger partial charge in [0.25, 0.3) is 0 Å². The van der Waals surface area contributed by atoms with E-state index in [1.165, 1.54) is 16.9 Å². The number of carbonyl (C=O) groups excluding carboxylic acids is 1. The van der Waals surface area contributed by atoms with Crippen LogP contribution in [0.3, 0.4) is 0 Å². The summed E-state index contributed by atoms with van der Waals surface area (Å²) in [6, 6.07) is 7.33. The SMILES string of the molecule is Cc1ccc(-c2nc(C[C@H]([NH3+])C(=O)[O-])cs2)cc1. The number of thiazole rings is 1. The number of aliphatic carboxylic acids is 1. The quantitative estimate of drug-likeness (QED) is 0.843. The minimum absolute atomic E-state index is 0.310. The van der Waals surface area contributed by atoms with Gasteiger partial charge in [0.1, 0.15) is 11.0 Å². The highest BCUT2D eigenvalue weighted by molar-refractivity contribution is 7.13. The molecule has 0 bridgehead atoms. The van der Waals surface area contributed by atoms with Gasteiger partial charge < -0.3 is 15.6 Å². The van der Waals surface area contributed by atoms with Crippen molar-refractivity contribution < 1.29 is 15.6 Å². The summed E-state index contributed by atoms with van der Waals surface area (Å²) in [7, 11) is 0. The van der Waals surface area contributed by atoms with E-state index in [2.05, 4.69) is 10.7 Å². The molecule has 18 heavy (non-hydrogen) atoms. The maximum atomic E-state index is 10.6. The second-order valence-corrected chi connectivity index (χ2v) is 5.09. The molecule has 1 aromatic heterocycles. The van der Waals surface area contributed by atoms with Gasteiger partial charge in [-0.05, 0) is 6.92 Å². The Morgan fingerprint density at radius 3 is 2.72 bits per heavy atom. The van der Waals surface area contributed by atoms with Gasteiger partial charge >= 0.3 is 0 Å². The van der Waals surface area contributed by atoms with Gasteiger partial charge in [-0.1, -0.05) is 29.8 Å². The van der Waals surface area contributed by atoms with Gasteiger partial charge in [0.2, 0.25) is 0 Å². The molecular formula is C13H14N2O2S. The third kappa shape index (κ3) is 2.94. The predicted molar refractivity (Wildman–Crippen MR) is 67.7 cm³/mol. The van der Waals surface area contributed by atoms with E-state index in [0.29, 0.717) is 6.42 Å². The van der Waals surface area contributed by atoms with Crippen LogP contribution in [-0.4, -0.2) is 17.0 Å². The van der Waals surface area contributed by atoms with Crippen LogP contribution in [0.4, 0.5) is 0 Å².